The molecule has 1 aliphatic carbocycles. The van der Waals surface area contributed by atoms with E-state index in [4.69, 9.17) is 17.3 Å². The van der Waals surface area contributed by atoms with Gasteiger partial charge in [0.05, 0.1) is 11.0 Å². The van der Waals surface area contributed by atoms with Crippen LogP contribution < -0.4 is 5.73 Å². The fourth-order valence-corrected chi connectivity index (χ4v) is 3.28. The fraction of sp³-hybridized carbons (Fsp3) is 0.500. The number of hydrogen-bond donors (Lipinski definition) is 1. The van der Waals surface area contributed by atoms with Gasteiger partial charge >= 0.3 is 0 Å². The van der Waals surface area contributed by atoms with Crippen LogP contribution in [0.25, 0.3) is 11.0 Å². The normalized spacial score (nSPS) is 24.6. The van der Waals surface area contributed by atoms with Crippen LogP contribution in [-0.4, -0.2) is 9.55 Å². The molecule has 3 rings (SSSR count). The van der Waals surface area contributed by atoms with Crippen LogP contribution in [0.1, 0.15) is 38.6 Å². The van der Waals surface area contributed by atoms with E-state index in [1.165, 1.54) is 25.7 Å². The van der Waals surface area contributed by atoms with Crippen molar-refractivity contribution in [3.05, 3.63) is 23.2 Å². The number of nitrogens with two attached hydrogens (primary N) is 1. The van der Waals surface area contributed by atoms with Crippen molar-refractivity contribution in [1.29, 1.82) is 0 Å². The molecule has 4 heteroatoms. The number of rotatable bonds is 1. The lowest BCUT2D eigenvalue weighted by atomic mass is 9.85. The number of fused-ring (bicyclic) bond motifs is 1. The molecule has 2 aromatic rings. The minimum atomic E-state index is 0.460. The molecule has 0 amide bonds. The zero-order valence-corrected chi connectivity index (χ0v) is 11.3. The van der Waals surface area contributed by atoms with Crippen molar-refractivity contribution in [3.8, 4) is 0 Å². The monoisotopic (exact) mass is 263 g/mol. The maximum atomic E-state index is 6.11. The summed E-state index contributed by atoms with van der Waals surface area (Å²) in [5.74, 6) is 1.27. The zero-order valence-electron chi connectivity index (χ0n) is 10.6. The average Bonchev–Trinajstić information content (AvgIpc) is 2.66. The van der Waals surface area contributed by atoms with Crippen molar-refractivity contribution in [3.63, 3.8) is 0 Å². The molecular formula is C14H18ClN3. The summed E-state index contributed by atoms with van der Waals surface area (Å²) in [6, 6.07) is 6.24. The molecule has 0 spiro atoms. The van der Waals surface area contributed by atoms with E-state index < -0.39 is 0 Å². The molecule has 2 unspecified atom stereocenters. The predicted molar refractivity (Wildman–Crippen MR) is 75.8 cm³/mol. The van der Waals surface area contributed by atoms with Gasteiger partial charge in [-0.25, -0.2) is 4.98 Å². The van der Waals surface area contributed by atoms with Gasteiger partial charge in [-0.05, 0) is 37.0 Å². The van der Waals surface area contributed by atoms with Crippen molar-refractivity contribution in [1.82, 2.24) is 9.55 Å². The first-order chi connectivity index (χ1) is 8.66. The SMILES string of the molecule is CC1CCCCC1n1c(N)nc2ccc(Cl)cc21. The molecule has 96 valence electrons. The van der Waals surface area contributed by atoms with Gasteiger partial charge in [0.2, 0.25) is 5.95 Å². The lowest BCUT2D eigenvalue weighted by Gasteiger charge is -2.31. The summed E-state index contributed by atoms with van der Waals surface area (Å²) in [6.45, 7) is 2.31. The number of halogens is 1. The van der Waals surface area contributed by atoms with Gasteiger partial charge in [0.25, 0.3) is 0 Å². The number of hydrogen-bond acceptors (Lipinski definition) is 2. The Hall–Kier alpha value is -1.22. The molecule has 2 atom stereocenters. The van der Waals surface area contributed by atoms with Gasteiger partial charge in [-0.2, -0.15) is 0 Å². The predicted octanol–water partition coefficient (Wildman–Crippen LogP) is 4.02. The maximum Gasteiger partial charge on any atom is 0.201 e. The van der Waals surface area contributed by atoms with Crippen LogP contribution in [0.15, 0.2) is 18.2 Å². The van der Waals surface area contributed by atoms with Crippen LogP contribution in [0.3, 0.4) is 0 Å². The standard InChI is InChI=1S/C14H18ClN3/c1-9-4-2-3-5-12(9)18-13-8-10(15)6-7-11(13)17-14(18)16/h6-9,12H,2-5H2,1H3,(H2,16,17). The largest absolute Gasteiger partial charge is 0.369 e. The van der Waals surface area contributed by atoms with E-state index in [2.05, 4.69) is 16.5 Å². The summed E-state index contributed by atoms with van der Waals surface area (Å²) in [7, 11) is 0. The van der Waals surface area contributed by atoms with Crippen molar-refractivity contribution < 1.29 is 0 Å². The summed E-state index contributed by atoms with van der Waals surface area (Å²) in [5.41, 5.74) is 8.11. The minimum absolute atomic E-state index is 0.460. The number of nitrogen functional groups attached to an aromatic ring is 1. The highest BCUT2D eigenvalue weighted by molar-refractivity contribution is 6.31. The molecule has 1 saturated carbocycles. The van der Waals surface area contributed by atoms with Crippen LogP contribution in [0.2, 0.25) is 5.02 Å². The van der Waals surface area contributed by atoms with Gasteiger partial charge in [-0.1, -0.05) is 31.4 Å². The van der Waals surface area contributed by atoms with Gasteiger partial charge in [-0.15, -0.1) is 0 Å². The lowest BCUT2D eigenvalue weighted by Crippen LogP contribution is -2.22. The van der Waals surface area contributed by atoms with Crippen LogP contribution in [-0.2, 0) is 0 Å². The molecule has 1 aliphatic rings. The Labute approximate surface area is 112 Å². The van der Waals surface area contributed by atoms with Crippen molar-refractivity contribution >= 4 is 28.6 Å². The summed E-state index contributed by atoms with van der Waals surface area (Å²) in [6.07, 6.45) is 5.05. The first-order valence-electron chi connectivity index (χ1n) is 6.60. The third-order valence-electron chi connectivity index (χ3n) is 4.08. The number of nitrogens with zero attached hydrogens (tertiary/aromatic N) is 2. The number of benzene rings is 1. The second-order valence-electron chi connectivity index (χ2n) is 5.30. The number of anilines is 1. The quantitative estimate of drug-likeness (QED) is 0.844. The highest BCUT2D eigenvalue weighted by Gasteiger charge is 2.26. The van der Waals surface area contributed by atoms with Crippen LogP contribution in [0.4, 0.5) is 5.95 Å². The molecule has 0 saturated heterocycles. The smallest absolute Gasteiger partial charge is 0.201 e. The van der Waals surface area contributed by atoms with E-state index in [9.17, 15) is 0 Å². The van der Waals surface area contributed by atoms with E-state index in [0.717, 1.165) is 16.1 Å². The van der Waals surface area contributed by atoms with E-state index in [1.54, 1.807) is 0 Å². The molecule has 0 bridgehead atoms. The first kappa shape index (κ1) is 11.8. The Bertz CT molecular complexity index is 576. The molecule has 2 N–H and O–H groups in total. The number of aromatic nitrogens is 2. The highest BCUT2D eigenvalue weighted by atomic mass is 35.5. The highest BCUT2D eigenvalue weighted by Crippen LogP contribution is 2.37. The fourth-order valence-electron chi connectivity index (χ4n) is 3.11. The Morgan fingerprint density at radius 1 is 1.33 bits per heavy atom. The molecule has 18 heavy (non-hydrogen) atoms. The molecule has 0 aliphatic heterocycles. The third-order valence-corrected chi connectivity index (χ3v) is 4.31. The van der Waals surface area contributed by atoms with E-state index >= 15 is 0 Å². The van der Waals surface area contributed by atoms with Crippen molar-refractivity contribution in [2.24, 2.45) is 5.92 Å². The summed E-state index contributed by atoms with van der Waals surface area (Å²) in [4.78, 5) is 4.45. The summed E-state index contributed by atoms with van der Waals surface area (Å²) < 4.78 is 2.19. The van der Waals surface area contributed by atoms with Crippen molar-refractivity contribution in [2.45, 2.75) is 38.6 Å². The topological polar surface area (TPSA) is 43.8 Å². The number of imidazole rings is 1. The minimum Gasteiger partial charge on any atom is -0.369 e. The molecule has 1 heterocycles. The van der Waals surface area contributed by atoms with Gasteiger partial charge in [0.15, 0.2) is 0 Å². The third kappa shape index (κ3) is 1.87. The van der Waals surface area contributed by atoms with Gasteiger partial charge in [-0.3, -0.25) is 0 Å². The van der Waals surface area contributed by atoms with Gasteiger partial charge in [0.1, 0.15) is 0 Å². The summed E-state index contributed by atoms with van der Waals surface area (Å²) >= 11 is 6.09. The summed E-state index contributed by atoms with van der Waals surface area (Å²) in [5, 5.41) is 0.743. The second kappa shape index (κ2) is 4.47. The molecule has 1 aromatic carbocycles. The van der Waals surface area contributed by atoms with Crippen LogP contribution >= 0.6 is 11.6 Å². The molecule has 3 nitrogen and oxygen atoms in total. The lowest BCUT2D eigenvalue weighted by molar-refractivity contribution is 0.264. The Kier molecular flexibility index (Phi) is 2.94. The Balaban J connectivity index is 2.14. The average molecular weight is 264 g/mol. The second-order valence-corrected chi connectivity index (χ2v) is 5.74. The van der Waals surface area contributed by atoms with Gasteiger partial charge in [0, 0.05) is 11.1 Å². The zero-order chi connectivity index (χ0) is 12.7. The van der Waals surface area contributed by atoms with E-state index in [-0.39, 0.29) is 0 Å². The van der Waals surface area contributed by atoms with Crippen LogP contribution in [0, 0.1) is 5.92 Å². The van der Waals surface area contributed by atoms with Crippen molar-refractivity contribution in [2.75, 3.05) is 5.73 Å². The van der Waals surface area contributed by atoms with E-state index in [0.29, 0.717) is 17.9 Å². The molecule has 0 radical (unpaired) electrons. The molecule has 1 aromatic heterocycles. The maximum absolute atomic E-state index is 6.11. The Morgan fingerprint density at radius 3 is 2.89 bits per heavy atom. The first-order valence-corrected chi connectivity index (χ1v) is 6.97. The van der Waals surface area contributed by atoms with Gasteiger partial charge < -0.3 is 10.3 Å². The molecular weight excluding hydrogens is 246 g/mol. The van der Waals surface area contributed by atoms with Crippen LogP contribution in [0.5, 0.6) is 0 Å². The molecule has 1 fully saturated rings. The van der Waals surface area contributed by atoms with E-state index in [1.807, 2.05) is 18.2 Å². The Morgan fingerprint density at radius 2 is 2.11 bits per heavy atom.